The summed E-state index contributed by atoms with van der Waals surface area (Å²) in [7, 11) is 0. The zero-order valence-corrected chi connectivity index (χ0v) is 11.6. The van der Waals surface area contributed by atoms with Crippen LogP contribution in [0.15, 0.2) is 30.5 Å². The van der Waals surface area contributed by atoms with Crippen LogP contribution in [0, 0.1) is 0 Å². The molecule has 1 unspecified atom stereocenters. The molecule has 0 saturated heterocycles. The predicted molar refractivity (Wildman–Crippen MR) is 75.7 cm³/mol. The summed E-state index contributed by atoms with van der Waals surface area (Å²) in [5, 5.41) is 5.04. The van der Waals surface area contributed by atoms with Crippen LogP contribution < -0.4 is 5.73 Å². The van der Waals surface area contributed by atoms with Crippen LogP contribution in [0.25, 0.3) is 11.3 Å². The lowest BCUT2D eigenvalue weighted by molar-refractivity contribution is 0.538. The van der Waals surface area contributed by atoms with E-state index in [4.69, 9.17) is 17.3 Å². The molecule has 0 aliphatic carbocycles. The number of halogens is 1. The van der Waals surface area contributed by atoms with E-state index in [0.29, 0.717) is 11.1 Å². The quantitative estimate of drug-likeness (QED) is 0.915. The molecule has 1 atom stereocenters. The van der Waals surface area contributed by atoms with Crippen LogP contribution in [0.1, 0.15) is 38.4 Å². The Morgan fingerprint density at radius 3 is 2.50 bits per heavy atom. The third-order valence-corrected chi connectivity index (χ3v) is 3.27. The number of hydrogen-bond donors (Lipinski definition) is 1. The summed E-state index contributed by atoms with van der Waals surface area (Å²) >= 11 is 6.26. The normalized spacial score (nSPS) is 13.0. The minimum absolute atomic E-state index is 0.0541. The molecule has 0 bridgehead atoms. The van der Waals surface area contributed by atoms with Crippen molar-refractivity contribution in [3.05, 3.63) is 41.0 Å². The monoisotopic (exact) mass is 263 g/mol. The van der Waals surface area contributed by atoms with Gasteiger partial charge in [0.05, 0.1) is 5.69 Å². The average Bonchev–Trinajstić information content (AvgIpc) is 2.77. The van der Waals surface area contributed by atoms with Crippen molar-refractivity contribution in [3.63, 3.8) is 0 Å². The number of nitrogens with zero attached hydrogens (tertiary/aromatic N) is 2. The van der Waals surface area contributed by atoms with Gasteiger partial charge >= 0.3 is 0 Å². The molecule has 3 nitrogen and oxygen atoms in total. The van der Waals surface area contributed by atoms with Gasteiger partial charge in [0.15, 0.2) is 0 Å². The summed E-state index contributed by atoms with van der Waals surface area (Å²) < 4.78 is 1.98. The van der Waals surface area contributed by atoms with Crippen LogP contribution in [0.4, 0.5) is 0 Å². The van der Waals surface area contributed by atoms with Gasteiger partial charge < -0.3 is 5.73 Å². The highest BCUT2D eigenvalue weighted by atomic mass is 35.5. The second kappa shape index (κ2) is 5.12. The van der Waals surface area contributed by atoms with E-state index >= 15 is 0 Å². The Morgan fingerprint density at radius 2 is 1.94 bits per heavy atom. The Labute approximate surface area is 113 Å². The lowest BCUT2D eigenvalue weighted by Crippen LogP contribution is -2.07. The van der Waals surface area contributed by atoms with E-state index < -0.39 is 0 Å². The van der Waals surface area contributed by atoms with Crippen molar-refractivity contribution in [3.8, 4) is 11.3 Å². The second-order valence-electron chi connectivity index (χ2n) is 4.78. The van der Waals surface area contributed by atoms with Gasteiger partial charge in [-0.05, 0) is 38.5 Å². The van der Waals surface area contributed by atoms with Gasteiger partial charge in [0.1, 0.15) is 0 Å². The maximum Gasteiger partial charge on any atom is 0.0685 e. The van der Waals surface area contributed by atoms with Crippen molar-refractivity contribution in [2.45, 2.75) is 32.9 Å². The topological polar surface area (TPSA) is 43.8 Å². The van der Waals surface area contributed by atoms with Gasteiger partial charge in [0, 0.05) is 28.9 Å². The number of aromatic nitrogens is 2. The predicted octanol–water partition coefficient (Wildman–Crippen LogP) is 3.80. The van der Waals surface area contributed by atoms with Crippen molar-refractivity contribution in [2.24, 2.45) is 5.73 Å². The molecule has 1 aromatic heterocycles. The van der Waals surface area contributed by atoms with E-state index in [1.807, 2.05) is 42.1 Å². The molecule has 96 valence electrons. The van der Waals surface area contributed by atoms with E-state index in [2.05, 4.69) is 18.9 Å². The molecule has 4 heteroatoms. The summed E-state index contributed by atoms with van der Waals surface area (Å²) in [5.74, 6) is 0. The van der Waals surface area contributed by atoms with Gasteiger partial charge in [-0.15, -0.1) is 0 Å². The molecule has 1 aromatic carbocycles. The van der Waals surface area contributed by atoms with Gasteiger partial charge in [-0.2, -0.15) is 5.10 Å². The first-order valence-corrected chi connectivity index (χ1v) is 6.47. The molecule has 0 fully saturated rings. The first kappa shape index (κ1) is 13.1. The van der Waals surface area contributed by atoms with Crippen LogP contribution in [0.5, 0.6) is 0 Å². The minimum atomic E-state index is -0.0541. The van der Waals surface area contributed by atoms with E-state index in [1.165, 1.54) is 0 Å². The smallest absolute Gasteiger partial charge is 0.0685 e. The SMILES string of the molecule is CC(N)c1ccc(-c2ccnn2C(C)C)cc1Cl. The maximum absolute atomic E-state index is 6.26. The van der Waals surface area contributed by atoms with Gasteiger partial charge in [0.2, 0.25) is 0 Å². The van der Waals surface area contributed by atoms with E-state index in [-0.39, 0.29) is 6.04 Å². The lowest BCUT2D eigenvalue weighted by Gasteiger charge is -2.13. The number of hydrogen-bond acceptors (Lipinski definition) is 2. The summed E-state index contributed by atoms with van der Waals surface area (Å²) in [6.07, 6.45) is 1.81. The number of benzene rings is 1. The van der Waals surface area contributed by atoms with Crippen molar-refractivity contribution in [1.82, 2.24) is 9.78 Å². The van der Waals surface area contributed by atoms with Gasteiger partial charge in [0.25, 0.3) is 0 Å². The number of rotatable bonds is 3. The molecular formula is C14H18ClN3. The molecule has 0 spiro atoms. The van der Waals surface area contributed by atoms with Crippen molar-refractivity contribution in [1.29, 1.82) is 0 Å². The Morgan fingerprint density at radius 1 is 1.22 bits per heavy atom. The highest BCUT2D eigenvalue weighted by Crippen LogP contribution is 2.29. The Balaban J connectivity index is 2.46. The molecule has 0 amide bonds. The van der Waals surface area contributed by atoms with Crippen molar-refractivity contribution >= 4 is 11.6 Å². The average molecular weight is 264 g/mol. The fraction of sp³-hybridized carbons (Fsp3) is 0.357. The first-order chi connectivity index (χ1) is 8.50. The lowest BCUT2D eigenvalue weighted by atomic mass is 10.0. The summed E-state index contributed by atoms with van der Waals surface area (Å²) in [4.78, 5) is 0. The Hall–Kier alpha value is -1.32. The number of nitrogens with two attached hydrogens (primary N) is 1. The largest absolute Gasteiger partial charge is 0.324 e. The van der Waals surface area contributed by atoms with E-state index in [9.17, 15) is 0 Å². The van der Waals surface area contributed by atoms with E-state index in [0.717, 1.165) is 16.8 Å². The van der Waals surface area contributed by atoms with Crippen LogP contribution in [0.2, 0.25) is 5.02 Å². The van der Waals surface area contributed by atoms with Crippen molar-refractivity contribution < 1.29 is 0 Å². The van der Waals surface area contributed by atoms with Gasteiger partial charge in [-0.1, -0.05) is 23.7 Å². The minimum Gasteiger partial charge on any atom is -0.324 e. The molecule has 18 heavy (non-hydrogen) atoms. The Bertz CT molecular complexity index is 544. The molecule has 2 aromatic rings. The molecule has 2 rings (SSSR count). The van der Waals surface area contributed by atoms with Crippen molar-refractivity contribution in [2.75, 3.05) is 0 Å². The summed E-state index contributed by atoms with van der Waals surface area (Å²) in [6, 6.07) is 8.25. The molecule has 2 N–H and O–H groups in total. The molecule has 0 aliphatic rings. The highest BCUT2D eigenvalue weighted by Gasteiger charge is 2.11. The molecule has 1 heterocycles. The molecular weight excluding hydrogens is 246 g/mol. The van der Waals surface area contributed by atoms with Gasteiger partial charge in [-0.3, -0.25) is 4.68 Å². The molecule has 0 radical (unpaired) electrons. The van der Waals surface area contributed by atoms with Crippen LogP contribution >= 0.6 is 11.6 Å². The van der Waals surface area contributed by atoms with Crippen LogP contribution in [-0.2, 0) is 0 Å². The zero-order valence-electron chi connectivity index (χ0n) is 10.9. The maximum atomic E-state index is 6.26. The van der Waals surface area contributed by atoms with Gasteiger partial charge in [-0.25, -0.2) is 0 Å². The summed E-state index contributed by atoms with van der Waals surface area (Å²) in [6.45, 7) is 6.14. The molecule has 0 aliphatic heterocycles. The standard InChI is InChI=1S/C14H18ClN3/c1-9(2)18-14(6-7-17-18)11-4-5-12(10(3)16)13(15)8-11/h4-10H,16H2,1-3H3. The Kier molecular flexibility index (Phi) is 3.73. The third-order valence-electron chi connectivity index (χ3n) is 2.95. The second-order valence-corrected chi connectivity index (χ2v) is 5.19. The fourth-order valence-electron chi connectivity index (χ4n) is 2.01. The van der Waals surface area contributed by atoms with Crippen LogP contribution in [0.3, 0.4) is 0 Å². The fourth-order valence-corrected chi connectivity index (χ4v) is 2.36. The van der Waals surface area contributed by atoms with E-state index in [1.54, 1.807) is 0 Å². The highest BCUT2D eigenvalue weighted by molar-refractivity contribution is 6.31. The summed E-state index contributed by atoms with van der Waals surface area (Å²) in [5.41, 5.74) is 8.97. The first-order valence-electron chi connectivity index (χ1n) is 6.09. The van der Waals surface area contributed by atoms with Crippen LogP contribution in [-0.4, -0.2) is 9.78 Å². The third kappa shape index (κ3) is 2.42. The molecule has 0 saturated carbocycles. The zero-order chi connectivity index (χ0) is 13.3.